The molecule has 1 saturated heterocycles. The van der Waals surface area contributed by atoms with E-state index in [2.05, 4.69) is 11.0 Å². The number of para-hydroxylation sites is 2. The highest BCUT2D eigenvalue weighted by molar-refractivity contribution is 8.27. The molecule has 220 valence electrons. The molecule has 0 bridgehead atoms. The molecule has 0 radical (unpaired) electrons. The highest BCUT2D eigenvalue weighted by atomic mass is 32.2. The number of pyridine rings is 1. The first kappa shape index (κ1) is 28.1. The maximum Gasteiger partial charge on any atom is 0.296 e. The summed E-state index contributed by atoms with van der Waals surface area (Å²) in [4.78, 5) is 50.6. The zero-order valence-corrected chi connectivity index (χ0v) is 26.0. The molecular formula is C33H28N6O3S2. The summed E-state index contributed by atoms with van der Waals surface area (Å²) in [7, 11) is 1.77. The van der Waals surface area contributed by atoms with Gasteiger partial charge in [-0.3, -0.25) is 28.4 Å². The molecule has 0 aliphatic carbocycles. The van der Waals surface area contributed by atoms with E-state index in [0.29, 0.717) is 29.4 Å². The van der Waals surface area contributed by atoms with Gasteiger partial charge in [-0.05, 0) is 68.2 Å². The molecule has 0 spiro atoms. The Labute approximate surface area is 262 Å². The van der Waals surface area contributed by atoms with Gasteiger partial charge >= 0.3 is 0 Å². The van der Waals surface area contributed by atoms with E-state index in [1.54, 1.807) is 37.0 Å². The molecule has 0 unspecified atom stereocenters. The van der Waals surface area contributed by atoms with Crippen molar-refractivity contribution in [2.24, 2.45) is 7.05 Å². The van der Waals surface area contributed by atoms with E-state index in [0.717, 1.165) is 35.9 Å². The second kappa shape index (κ2) is 10.8. The maximum atomic E-state index is 14.1. The summed E-state index contributed by atoms with van der Waals surface area (Å²) in [5.74, 6) is 0.0359. The highest BCUT2D eigenvalue weighted by Crippen LogP contribution is 2.39. The number of anilines is 3. The SMILES string of the molecule is Cc1cccn2c(=O)c(C=C3SC(=S)N(c4c(C)n(C)n(-c5ccccc5)c4=O)C3=O)c(N3CCCc4ccccc43)nc12. The van der Waals surface area contributed by atoms with Crippen LogP contribution in [0.3, 0.4) is 0 Å². The molecule has 0 atom stereocenters. The second-order valence-electron chi connectivity index (χ2n) is 10.9. The average molecular weight is 621 g/mol. The lowest BCUT2D eigenvalue weighted by atomic mass is 10.0. The first-order valence-corrected chi connectivity index (χ1v) is 15.5. The normalized spacial score (nSPS) is 15.9. The first-order valence-electron chi connectivity index (χ1n) is 14.3. The van der Waals surface area contributed by atoms with E-state index < -0.39 is 5.91 Å². The van der Waals surface area contributed by atoms with E-state index in [1.165, 1.54) is 19.5 Å². The summed E-state index contributed by atoms with van der Waals surface area (Å²) in [6, 6.07) is 21.1. The van der Waals surface area contributed by atoms with E-state index in [-0.39, 0.29) is 31.6 Å². The van der Waals surface area contributed by atoms with Crippen LogP contribution in [-0.2, 0) is 18.3 Å². The molecule has 5 aromatic rings. The van der Waals surface area contributed by atoms with Crippen LogP contribution in [0.15, 0.2) is 87.4 Å². The molecule has 2 aliphatic heterocycles. The van der Waals surface area contributed by atoms with Crippen molar-refractivity contribution >= 4 is 63.1 Å². The van der Waals surface area contributed by atoms with Gasteiger partial charge in [-0.2, -0.15) is 0 Å². The standard InChI is InChI=1S/C33H28N6O3S2/c1-20-11-9-18-37-28(20)34-29(36-17-10-13-22-12-7-8-16-25(22)36)24(30(37)40)19-26-31(41)38(33(43)44-26)27-21(2)35(3)39(32(27)42)23-14-5-4-6-15-23/h4-9,11-12,14-16,18-19H,10,13,17H2,1-3H3. The molecule has 7 rings (SSSR count). The molecule has 3 aromatic heterocycles. The highest BCUT2D eigenvalue weighted by Gasteiger charge is 2.38. The van der Waals surface area contributed by atoms with Crippen molar-refractivity contribution in [3.63, 3.8) is 0 Å². The van der Waals surface area contributed by atoms with Crippen LogP contribution in [0.1, 0.15) is 28.8 Å². The molecule has 0 saturated carbocycles. The van der Waals surface area contributed by atoms with Gasteiger partial charge in [0.05, 0.1) is 21.8 Å². The molecular weight excluding hydrogens is 593 g/mol. The van der Waals surface area contributed by atoms with Gasteiger partial charge in [0.2, 0.25) is 0 Å². The first-order chi connectivity index (χ1) is 21.3. The third-order valence-corrected chi connectivity index (χ3v) is 9.55. The van der Waals surface area contributed by atoms with Crippen molar-refractivity contribution < 1.29 is 4.79 Å². The van der Waals surface area contributed by atoms with Gasteiger partial charge in [-0.1, -0.05) is 66.4 Å². The number of hydrogen-bond acceptors (Lipinski definition) is 7. The van der Waals surface area contributed by atoms with Crippen molar-refractivity contribution in [2.75, 3.05) is 16.3 Å². The number of fused-ring (bicyclic) bond motifs is 2. The number of aromatic nitrogens is 4. The Hall–Kier alpha value is -4.74. The predicted molar refractivity (Wildman–Crippen MR) is 179 cm³/mol. The van der Waals surface area contributed by atoms with Crippen LogP contribution < -0.4 is 20.9 Å². The zero-order chi connectivity index (χ0) is 30.7. The van der Waals surface area contributed by atoms with Crippen molar-refractivity contribution in [2.45, 2.75) is 26.7 Å². The number of aryl methyl sites for hydroxylation is 2. The van der Waals surface area contributed by atoms with Crippen molar-refractivity contribution in [1.82, 2.24) is 18.7 Å². The van der Waals surface area contributed by atoms with Crippen LogP contribution in [0, 0.1) is 13.8 Å². The Morgan fingerprint density at radius 1 is 0.932 bits per heavy atom. The Bertz CT molecular complexity index is 2160. The molecule has 0 N–H and O–H groups in total. The van der Waals surface area contributed by atoms with Crippen LogP contribution in [-0.4, -0.2) is 35.5 Å². The second-order valence-corrected chi connectivity index (χ2v) is 12.5. The summed E-state index contributed by atoms with van der Waals surface area (Å²) in [6.45, 7) is 4.38. The van der Waals surface area contributed by atoms with Crippen molar-refractivity contribution in [3.8, 4) is 5.69 Å². The summed E-state index contributed by atoms with van der Waals surface area (Å²) >= 11 is 6.75. The number of thiocarbonyl (C=S) groups is 1. The van der Waals surface area contributed by atoms with Gasteiger partial charge in [0.1, 0.15) is 17.2 Å². The van der Waals surface area contributed by atoms with Crippen LogP contribution in [0.4, 0.5) is 17.2 Å². The van der Waals surface area contributed by atoms with Gasteiger partial charge in [-0.25, -0.2) is 9.67 Å². The third kappa shape index (κ3) is 4.34. The molecule has 1 fully saturated rings. The third-order valence-electron chi connectivity index (χ3n) is 8.25. The molecule has 2 aliphatic rings. The van der Waals surface area contributed by atoms with Gasteiger partial charge in [0, 0.05) is 25.5 Å². The maximum absolute atomic E-state index is 14.1. The van der Waals surface area contributed by atoms with Crippen molar-refractivity contribution in [1.29, 1.82) is 0 Å². The van der Waals surface area contributed by atoms with Gasteiger partial charge in [-0.15, -0.1) is 0 Å². The lowest BCUT2D eigenvalue weighted by Gasteiger charge is -2.31. The van der Waals surface area contributed by atoms with Crippen LogP contribution >= 0.6 is 24.0 Å². The fourth-order valence-electron chi connectivity index (χ4n) is 5.99. The topological polar surface area (TPSA) is 84.8 Å². The smallest absolute Gasteiger partial charge is 0.296 e. The largest absolute Gasteiger partial charge is 0.325 e. The number of carbonyl (C=O) groups is 1. The Kier molecular flexibility index (Phi) is 6.86. The zero-order valence-electron chi connectivity index (χ0n) is 24.4. The van der Waals surface area contributed by atoms with Gasteiger partial charge in [0.15, 0.2) is 4.32 Å². The fourth-order valence-corrected chi connectivity index (χ4v) is 7.24. The molecule has 44 heavy (non-hydrogen) atoms. The molecule has 11 heteroatoms. The minimum atomic E-state index is -0.454. The number of amides is 1. The number of hydrogen-bond donors (Lipinski definition) is 0. The summed E-state index contributed by atoms with van der Waals surface area (Å²) in [6.07, 6.45) is 5.11. The van der Waals surface area contributed by atoms with Gasteiger partial charge in [0.25, 0.3) is 17.0 Å². The van der Waals surface area contributed by atoms with E-state index in [9.17, 15) is 14.4 Å². The number of rotatable bonds is 4. The predicted octanol–water partition coefficient (Wildman–Crippen LogP) is 5.29. The van der Waals surface area contributed by atoms with E-state index >= 15 is 0 Å². The Morgan fingerprint density at radius 3 is 2.48 bits per heavy atom. The monoisotopic (exact) mass is 620 g/mol. The summed E-state index contributed by atoms with van der Waals surface area (Å²) in [5.41, 5.74) is 4.69. The Morgan fingerprint density at radius 2 is 1.68 bits per heavy atom. The minimum Gasteiger partial charge on any atom is -0.325 e. The average Bonchev–Trinajstić information content (AvgIpc) is 3.42. The number of nitrogens with zero attached hydrogens (tertiary/aromatic N) is 6. The number of benzene rings is 2. The number of thioether (sulfide) groups is 1. The summed E-state index contributed by atoms with van der Waals surface area (Å²) in [5, 5.41) is 0. The minimum absolute atomic E-state index is 0.191. The molecule has 2 aromatic carbocycles. The Balaban J connectivity index is 1.39. The lowest BCUT2D eigenvalue weighted by Crippen LogP contribution is -2.33. The number of carbonyl (C=O) groups excluding carboxylic acids is 1. The fraction of sp³-hybridized carbons (Fsp3) is 0.182. The quantitative estimate of drug-likeness (QED) is 0.199. The van der Waals surface area contributed by atoms with Crippen LogP contribution in [0.25, 0.3) is 17.4 Å². The van der Waals surface area contributed by atoms with Gasteiger partial charge < -0.3 is 4.90 Å². The van der Waals surface area contributed by atoms with Crippen LogP contribution in [0.2, 0.25) is 0 Å². The van der Waals surface area contributed by atoms with Crippen molar-refractivity contribution in [3.05, 3.63) is 121 Å². The summed E-state index contributed by atoms with van der Waals surface area (Å²) < 4.78 is 4.97. The molecule has 1 amide bonds. The molecule has 9 nitrogen and oxygen atoms in total. The van der Waals surface area contributed by atoms with E-state index in [4.69, 9.17) is 17.2 Å². The molecule has 5 heterocycles. The van der Waals surface area contributed by atoms with Crippen LogP contribution in [0.5, 0.6) is 0 Å². The lowest BCUT2D eigenvalue weighted by molar-refractivity contribution is -0.113. The van der Waals surface area contributed by atoms with E-state index in [1.807, 2.05) is 61.5 Å².